The molecule has 0 bridgehead atoms. The van der Waals surface area contributed by atoms with Gasteiger partial charge in [0.25, 0.3) is 9.84 Å². The summed E-state index contributed by atoms with van der Waals surface area (Å²) in [5.41, 5.74) is -4.14. The number of benzene rings is 2. The second kappa shape index (κ2) is 8.69. The molecule has 0 amide bonds. The number of hydrogen-bond acceptors (Lipinski definition) is 5. The van der Waals surface area contributed by atoms with Crippen LogP contribution in [0, 0.1) is 12.7 Å². The van der Waals surface area contributed by atoms with Gasteiger partial charge in [-0.3, -0.25) is 9.55 Å². The molecule has 35 heavy (non-hydrogen) atoms. The Morgan fingerprint density at radius 1 is 1.00 bits per heavy atom. The van der Waals surface area contributed by atoms with Crippen molar-refractivity contribution < 1.29 is 31.1 Å². The van der Waals surface area contributed by atoms with Crippen molar-refractivity contribution in [3.05, 3.63) is 94.4 Å². The topological polar surface area (TPSA) is 94.2 Å². The van der Waals surface area contributed by atoms with Crippen molar-refractivity contribution >= 4 is 9.84 Å². The van der Waals surface area contributed by atoms with E-state index in [0.29, 0.717) is 29.0 Å². The van der Waals surface area contributed by atoms with E-state index in [9.17, 15) is 35.9 Å². The highest BCUT2D eigenvalue weighted by atomic mass is 32.2. The van der Waals surface area contributed by atoms with Crippen LogP contribution in [-0.2, 0) is 16.4 Å². The van der Waals surface area contributed by atoms with Gasteiger partial charge in [-0.15, -0.1) is 0 Å². The van der Waals surface area contributed by atoms with Gasteiger partial charge in [-0.25, -0.2) is 22.2 Å². The number of aromatic hydroxyl groups is 1. The number of pyridine rings is 1. The van der Waals surface area contributed by atoms with Crippen molar-refractivity contribution in [1.82, 2.24) is 14.1 Å². The third-order valence-corrected chi connectivity index (χ3v) is 6.88. The molecule has 0 spiro atoms. The van der Waals surface area contributed by atoms with Crippen LogP contribution in [0.2, 0.25) is 0 Å². The van der Waals surface area contributed by atoms with Gasteiger partial charge in [0.1, 0.15) is 5.82 Å². The number of rotatable bonds is 5. The predicted octanol–water partition coefficient (Wildman–Crippen LogP) is 4.20. The maximum Gasteiger partial charge on any atom is 0.501 e. The molecule has 0 aliphatic heterocycles. The van der Waals surface area contributed by atoms with E-state index in [1.54, 1.807) is 24.3 Å². The lowest BCUT2D eigenvalue weighted by Gasteiger charge is -2.09. The number of alkyl halides is 3. The largest absolute Gasteiger partial charge is 0.501 e. The lowest BCUT2D eigenvalue weighted by molar-refractivity contribution is -0.0436. The first-order valence-electron chi connectivity index (χ1n) is 10.0. The van der Waals surface area contributed by atoms with Gasteiger partial charge in [-0.2, -0.15) is 13.2 Å². The van der Waals surface area contributed by atoms with Gasteiger partial charge in [0, 0.05) is 11.8 Å². The molecule has 0 unspecified atom stereocenters. The van der Waals surface area contributed by atoms with E-state index >= 15 is 0 Å². The van der Waals surface area contributed by atoms with Crippen LogP contribution in [0.3, 0.4) is 0 Å². The highest BCUT2D eigenvalue weighted by Crippen LogP contribution is 2.31. The average Bonchev–Trinajstić information content (AvgIpc) is 3.02. The molecule has 182 valence electrons. The molecular weight excluding hydrogens is 490 g/mol. The van der Waals surface area contributed by atoms with E-state index in [1.165, 1.54) is 29.8 Å². The number of nitrogens with zero attached hydrogens (tertiary/aromatic N) is 3. The average molecular weight is 507 g/mol. The molecule has 0 radical (unpaired) electrons. The summed E-state index contributed by atoms with van der Waals surface area (Å²) < 4.78 is 76.8. The number of sulfone groups is 1. The van der Waals surface area contributed by atoms with Crippen LogP contribution in [0.25, 0.3) is 16.9 Å². The minimum Gasteiger partial charge on any atom is -0.493 e. The zero-order valence-corrected chi connectivity index (χ0v) is 18.8. The number of halogens is 4. The molecular formula is C23H17F4N3O4S. The quantitative estimate of drug-likeness (QED) is 0.409. The van der Waals surface area contributed by atoms with Crippen molar-refractivity contribution in [3.8, 4) is 22.8 Å². The van der Waals surface area contributed by atoms with Gasteiger partial charge in [0.2, 0.25) is 5.88 Å². The Hall–Kier alpha value is -3.93. The number of hydrogen-bond donors (Lipinski definition) is 1. The maximum absolute atomic E-state index is 13.2. The fourth-order valence-electron chi connectivity index (χ4n) is 3.50. The van der Waals surface area contributed by atoms with E-state index < -0.39 is 37.6 Å². The van der Waals surface area contributed by atoms with Crippen LogP contribution in [0.15, 0.2) is 76.6 Å². The van der Waals surface area contributed by atoms with E-state index in [-0.39, 0.29) is 17.9 Å². The highest BCUT2D eigenvalue weighted by molar-refractivity contribution is 7.92. The first-order valence-corrected chi connectivity index (χ1v) is 11.5. The first-order chi connectivity index (χ1) is 16.4. The zero-order valence-electron chi connectivity index (χ0n) is 18.0. The summed E-state index contributed by atoms with van der Waals surface area (Å²) in [6, 6.07) is 12.5. The van der Waals surface area contributed by atoms with Crippen LogP contribution >= 0.6 is 0 Å². The molecule has 7 nitrogen and oxygen atoms in total. The first kappa shape index (κ1) is 24.2. The van der Waals surface area contributed by atoms with Crippen molar-refractivity contribution in [2.24, 2.45) is 0 Å². The van der Waals surface area contributed by atoms with Crippen molar-refractivity contribution in [2.75, 3.05) is 0 Å². The zero-order chi connectivity index (χ0) is 25.5. The summed E-state index contributed by atoms with van der Waals surface area (Å²) in [4.78, 5) is 16.3. The Morgan fingerprint density at radius 2 is 1.63 bits per heavy atom. The van der Waals surface area contributed by atoms with Crippen LogP contribution in [0.4, 0.5) is 17.6 Å². The molecule has 2 aromatic heterocycles. The van der Waals surface area contributed by atoms with Gasteiger partial charge in [0.05, 0.1) is 28.5 Å². The van der Waals surface area contributed by atoms with Crippen molar-refractivity contribution in [2.45, 2.75) is 23.9 Å². The minimum absolute atomic E-state index is 0.0165. The van der Waals surface area contributed by atoms with Crippen LogP contribution < -0.4 is 5.69 Å². The lowest BCUT2D eigenvalue weighted by atomic mass is 10.1. The molecule has 0 fully saturated rings. The Labute approximate surface area is 196 Å². The maximum atomic E-state index is 13.2. The summed E-state index contributed by atoms with van der Waals surface area (Å²) in [7, 11) is -5.55. The minimum atomic E-state index is -5.55. The summed E-state index contributed by atoms with van der Waals surface area (Å²) >= 11 is 0. The molecule has 1 N–H and O–H groups in total. The monoisotopic (exact) mass is 507 g/mol. The standard InChI is InChI=1S/C23H17F4N3O4S/c1-14-21(31)30(18-6-8-19(9-7-18)35(33,34)23(25,26)27)22(32)29(14)13-15-10-11-28-20(12-15)16-2-4-17(24)5-3-16/h2-12,31H,13H2,1H3. The molecule has 0 aliphatic rings. The fourth-order valence-corrected chi connectivity index (χ4v) is 4.26. The Balaban J connectivity index is 1.69. The second-order valence-electron chi connectivity index (χ2n) is 7.61. The summed E-state index contributed by atoms with van der Waals surface area (Å²) in [6.45, 7) is 1.51. The Morgan fingerprint density at radius 3 is 2.23 bits per heavy atom. The lowest BCUT2D eigenvalue weighted by Crippen LogP contribution is -2.25. The molecule has 2 aromatic carbocycles. The molecule has 2 heterocycles. The normalized spacial score (nSPS) is 12.1. The summed E-state index contributed by atoms with van der Waals surface area (Å²) in [5.74, 6) is -0.845. The number of aromatic nitrogens is 3. The molecule has 4 rings (SSSR count). The predicted molar refractivity (Wildman–Crippen MR) is 118 cm³/mol. The summed E-state index contributed by atoms with van der Waals surface area (Å²) in [5, 5.41) is 10.5. The van der Waals surface area contributed by atoms with E-state index in [4.69, 9.17) is 0 Å². The second-order valence-corrected chi connectivity index (χ2v) is 9.55. The third-order valence-electron chi connectivity index (χ3n) is 5.38. The van der Waals surface area contributed by atoms with Gasteiger partial charge in [-0.1, -0.05) is 0 Å². The van der Waals surface area contributed by atoms with Crippen molar-refractivity contribution in [3.63, 3.8) is 0 Å². The molecule has 0 aliphatic carbocycles. The third kappa shape index (κ3) is 4.44. The summed E-state index contributed by atoms with van der Waals surface area (Å²) in [6.07, 6.45) is 1.52. The Bertz CT molecular complexity index is 1560. The smallest absolute Gasteiger partial charge is 0.493 e. The van der Waals surface area contributed by atoms with E-state index in [2.05, 4.69) is 4.98 Å². The highest BCUT2D eigenvalue weighted by Gasteiger charge is 2.46. The van der Waals surface area contributed by atoms with Gasteiger partial charge in [-0.05, 0) is 73.2 Å². The molecule has 0 saturated heterocycles. The SMILES string of the molecule is Cc1c(O)n(-c2ccc(S(=O)(=O)C(F)(F)F)cc2)c(=O)n1Cc1ccnc(-c2ccc(F)cc2)c1. The van der Waals surface area contributed by atoms with E-state index in [1.807, 2.05) is 0 Å². The fraction of sp³-hybridized carbons (Fsp3) is 0.130. The Kier molecular flexibility index (Phi) is 6.01. The molecule has 0 atom stereocenters. The van der Waals surface area contributed by atoms with Gasteiger partial charge >= 0.3 is 11.2 Å². The van der Waals surface area contributed by atoms with Crippen LogP contribution in [0.5, 0.6) is 5.88 Å². The van der Waals surface area contributed by atoms with Crippen LogP contribution in [0.1, 0.15) is 11.3 Å². The van der Waals surface area contributed by atoms with Crippen LogP contribution in [-0.4, -0.2) is 33.2 Å². The van der Waals surface area contributed by atoms with Crippen molar-refractivity contribution in [1.29, 1.82) is 0 Å². The van der Waals surface area contributed by atoms with Gasteiger partial charge in [0.15, 0.2) is 0 Å². The van der Waals surface area contributed by atoms with Gasteiger partial charge < -0.3 is 5.11 Å². The molecule has 4 aromatic rings. The number of imidazole rings is 1. The van der Waals surface area contributed by atoms with E-state index in [0.717, 1.165) is 16.7 Å². The molecule has 12 heteroatoms. The molecule has 0 saturated carbocycles.